The molecule has 0 aliphatic carbocycles. The van der Waals surface area contributed by atoms with Crippen LogP contribution in [0.5, 0.6) is 0 Å². The van der Waals surface area contributed by atoms with Crippen molar-refractivity contribution in [1.29, 1.82) is 0 Å². The lowest BCUT2D eigenvalue weighted by atomic mass is 9.95. The van der Waals surface area contributed by atoms with Crippen LogP contribution in [-0.4, -0.2) is 40.9 Å². The van der Waals surface area contributed by atoms with E-state index in [1.807, 2.05) is 24.0 Å². The summed E-state index contributed by atoms with van der Waals surface area (Å²) < 4.78 is 0. The van der Waals surface area contributed by atoms with Gasteiger partial charge in [0, 0.05) is 17.6 Å². The Bertz CT molecular complexity index is 787. The molecule has 3 amide bonds. The van der Waals surface area contributed by atoms with E-state index in [1.165, 1.54) is 0 Å². The summed E-state index contributed by atoms with van der Waals surface area (Å²) in [5.74, 6) is 0.293. The molecule has 2 aliphatic heterocycles. The van der Waals surface area contributed by atoms with Gasteiger partial charge in [0.1, 0.15) is 0 Å². The molecule has 2 heterocycles. The molecular weight excluding hydrogens is 350 g/mol. The number of nitrogens with one attached hydrogen (secondary N) is 1. The molecule has 0 aromatic heterocycles. The van der Waals surface area contributed by atoms with Crippen LogP contribution in [-0.2, 0) is 4.79 Å². The predicted molar refractivity (Wildman–Crippen MR) is 103 cm³/mol. The SMILES string of the molecule is C=CCN1C(=O)N[C@H](c2cccc(Cl)c2)C2=C1CN([C@H](C)C(C)C)C2=O. The van der Waals surface area contributed by atoms with Gasteiger partial charge in [-0.3, -0.25) is 9.69 Å². The first-order chi connectivity index (χ1) is 12.3. The van der Waals surface area contributed by atoms with Crippen molar-refractivity contribution in [3.8, 4) is 0 Å². The average molecular weight is 374 g/mol. The van der Waals surface area contributed by atoms with Gasteiger partial charge in [-0.15, -0.1) is 6.58 Å². The Morgan fingerprint density at radius 1 is 1.35 bits per heavy atom. The maximum absolute atomic E-state index is 13.2. The second kappa shape index (κ2) is 7.16. The Hall–Kier alpha value is -2.27. The normalized spacial score (nSPS) is 21.2. The number of amides is 3. The van der Waals surface area contributed by atoms with E-state index in [2.05, 4.69) is 25.7 Å². The number of rotatable bonds is 5. The molecule has 0 saturated carbocycles. The molecule has 2 aliphatic rings. The molecule has 5 nitrogen and oxygen atoms in total. The molecule has 0 unspecified atom stereocenters. The quantitative estimate of drug-likeness (QED) is 0.799. The Morgan fingerprint density at radius 2 is 2.08 bits per heavy atom. The molecular formula is C20H24ClN3O2. The molecule has 1 N–H and O–H groups in total. The van der Waals surface area contributed by atoms with Crippen molar-refractivity contribution in [2.75, 3.05) is 13.1 Å². The average Bonchev–Trinajstić information content (AvgIpc) is 2.94. The standard InChI is InChI=1S/C20H24ClN3O2/c1-5-9-23-16-11-24(13(4)12(2)3)19(25)17(16)18(22-20(23)26)14-7-6-8-15(21)10-14/h5-8,10,12-13,18H,1,9,11H2,2-4H3,(H,22,26)/t13-,18-/m1/s1. The summed E-state index contributed by atoms with van der Waals surface area (Å²) in [6, 6.07) is 6.64. The van der Waals surface area contributed by atoms with Crippen molar-refractivity contribution in [3.63, 3.8) is 0 Å². The lowest BCUT2D eigenvalue weighted by Crippen LogP contribution is -2.47. The molecule has 2 atom stereocenters. The maximum atomic E-state index is 13.2. The highest BCUT2D eigenvalue weighted by Gasteiger charge is 2.45. The van der Waals surface area contributed by atoms with Crippen LogP contribution in [0.25, 0.3) is 0 Å². The third kappa shape index (κ3) is 3.12. The molecule has 1 aromatic carbocycles. The fourth-order valence-electron chi connectivity index (χ4n) is 3.46. The van der Waals surface area contributed by atoms with Gasteiger partial charge in [0.2, 0.25) is 0 Å². The van der Waals surface area contributed by atoms with E-state index in [4.69, 9.17) is 11.6 Å². The van der Waals surface area contributed by atoms with Crippen molar-refractivity contribution >= 4 is 23.5 Å². The summed E-state index contributed by atoms with van der Waals surface area (Å²) >= 11 is 6.13. The van der Waals surface area contributed by atoms with Gasteiger partial charge in [0.25, 0.3) is 5.91 Å². The van der Waals surface area contributed by atoms with Gasteiger partial charge in [0.15, 0.2) is 0 Å². The van der Waals surface area contributed by atoms with Crippen LogP contribution in [0, 0.1) is 5.92 Å². The summed E-state index contributed by atoms with van der Waals surface area (Å²) in [6.07, 6.45) is 1.67. The van der Waals surface area contributed by atoms with Gasteiger partial charge in [0.05, 0.1) is 23.9 Å². The predicted octanol–water partition coefficient (Wildman–Crippen LogP) is 3.73. The topological polar surface area (TPSA) is 52.7 Å². The Labute approximate surface area is 159 Å². The van der Waals surface area contributed by atoms with Crippen molar-refractivity contribution in [1.82, 2.24) is 15.1 Å². The van der Waals surface area contributed by atoms with Crippen LogP contribution in [0.1, 0.15) is 32.4 Å². The number of benzene rings is 1. The second-order valence-corrected chi connectivity index (χ2v) is 7.55. The molecule has 6 heteroatoms. The number of carbonyl (C=O) groups excluding carboxylic acids is 2. The minimum atomic E-state index is -0.492. The zero-order chi connectivity index (χ0) is 19.0. The fourth-order valence-corrected chi connectivity index (χ4v) is 3.66. The van der Waals surface area contributed by atoms with Gasteiger partial charge in [-0.25, -0.2) is 4.79 Å². The van der Waals surface area contributed by atoms with E-state index in [0.717, 1.165) is 11.3 Å². The first kappa shape index (κ1) is 18.5. The van der Waals surface area contributed by atoms with Crippen LogP contribution >= 0.6 is 11.6 Å². The van der Waals surface area contributed by atoms with Crippen molar-refractivity contribution < 1.29 is 9.59 Å². The lowest BCUT2D eigenvalue weighted by molar-refractivity contribution is -0.128. The van der Waals surface area contributed by atoms with Crippen LogP contribution in [0.4, 0.5) is 4.79 Å². The number of halogens is 1. The molecule has 0 radical (unpaired) electrons. The van der Waals surface area contributed by atoms with Crippen LogP contribution < -0.4 is 5.32 Å². The highest BCUT2D eigenvalue weighted by molar-refractivity contribution is 6.30. The fraction of sp³-hybridized carbons (Fsp3) is 0.400. The number of nitrogens with zero attached hydrogens (tertiary/aromatic N) is 2. The Morgan fingerprint density at radius 3 is 2.69 bits per heavy atom. The van der Waals surface area contributed by atoms with Gasteiger partial charge in [-0.1, -0.05) is 43.7 Å². The number of hydrogen-bond donors (Lipinski definition) is 1. The summed E-state index contributed by atoms with van der Waals surface area (Å²) in [7, 11) is 0. The van der Waals surface area contributed by atoms with E-state index in [1.54, 1.807) is 23.1 Å². The van der Waals surface area contributed by atoms with Gasteiger partial charge < -0.3 is 10.2 Å². The number of urea groups is 1. The highest BCUT2D eigenvalue weighted by atomic mass is 35.5. The monoisotopic (exact) mass is 373 g/mol. The lowest BCUT2D eigenvalue weighted by Gasteiger charge is -2.33. The zero-order valence-corrected chi connectivity index (χ0v) is 16.1. The van der Waals surface area contributed by atoms with Crippen LogP contribution in [0.15, 0.2) is 48.2 Å². The third-order valence-electron chi connectivity index (χ3n) is 5.20. The number of hydrogen-bond acceptors (Lipinski definition) is 2. The van der Waals surface area contributed by atoms with Gasteiger partial charge in [-0.2, -0.15) is 0 Å². The van der Waals surface area contributed by atoms with Crippen LogP contribution in [0.2, 0.25) is 5.02 Å². The summed E-state index contributed by atoms with van der Waals surface area (Å²) in [5.41, 5.74) is 2.20. The zero-order valence-electron chi connectivity index (χ0n) is 15.3. The van der Waals surface area contributed by atoms with E-state index in [-0.39, 0.29) is 18.0 Å². The molecule has 0 fully saturated rings. The van der Waals surface area contributed by atoms with E-state index in [9.17, 15) is 9.59 Å². The first-order valence-corrected chi connectivity index (χ1v) is 9.21. The largest absolute Gasteiger partial charge is 0.330 e. The number of carbonyl (C=O) groups is 2. The highest BCUT2D eigenvalue weighted by Crippen LogP contribution is 2.38. The molecule has 3 rings (SSSR count). The molecule has 1 aromatic rings. The summed E-state index contributed by atoms with van der Waals surface area (Å²) in [6.45, 7) is 10.8. The smallest absolute Gasteiger partial charge is 0.322 e. The molecule has 0 bridgehead atoms. The van der Waals surface area contributed by atoms with E-state index in [0.29, 0.717) is 29.6 Å². The van der Waals surface area contributed by atoms with Crippen molar-refractivity contribution in [2.45, 2.75) is 32.9 Å². The minimum Gasteiger partial charge on any atom is -0.330 e. The second-order valence-electron chi connectivity index (χ2n) is 7.11. The van der Waals surface area contributed by atoms with Crippen LogP contribution in [0.3, 0.4) is 0 Å². The Balaban J connectivity index is 2.07. The third-order valence-corrected chi connectivity index (χ3v) is 5.43. The summed E-state index contributed by atoms with van der Waals surface area (Å²) in [4.78, 5) is 29.4. The molecule has 0 spiro atoms. The van der Waals surface area contributed by atoms with Crippen molar-refractivity contribution in [3.05, 3.63) is 58.8 Å². The van der Waals surface area contributed by atoms with Crippen molar-refractivity contribution in [2.24, 2.45) is 5.92 Å². The molecule has 0 saturated heterocycles. The first-order valence-electron chi connectivity index (χ1n) is 8.83. The Kier molecular flexibility index (Phi) is 5.10. The van der Waals surface area contributed by atoms with Gasteiger partial charge >= 0.3 is 6.03 Å². The van der Waals surface area contributed by atoms with E-state index >= 15 is 0 Å². The summed E-state index contributed by atoms with van der Waals surface area (Å²) in [5, 5.41) is 3.53. The van der Waals surface area contributed by atoms with E-state index < -0.39 is 6.04 Å². The molecule has 138 valence electrons. The maximum Gasteiger partial charge on any atom is 0.322 e. The van der Waals surface area contributed by atoms with Gasteiger partial charge in [-0.05, 0) is 30.5 Å². The molecule has 26 heavy (non-hydrogen) atoms. The minimum absolute atomic E-state index is 0.0276.